The van der Waals surface area contributed by atoms with Crippen molar-refractivity contribution in [1.82, 2.24) is 0 Å². The van der Waals surface area contributed by atoms with Gasteiger partial charge in [0.05, 0.1) is 0 Å². The smallest absolute Gasteiger partial charge is 2.00 e. The van der Waals surface area contributed by atoms with Gasteiger partial charge in [-0.1, -0.05) is 0 Å². The normalized spacial score (nSPS) is 3.57. The van der Waals surface area contributed by atoms with Crippen molar-refractivity contribution in [3.05, 3.63) is 0 Å². The minimum atomic E-state index is -1.08. The van der Waals surface area contributed by atoms with Gasteiger partial charge in [0.15, 0.2) is 0 Å². The first-order valence-corrected chi connectivity index (χ1v) is 1.82. The first kappa shape index (κ1) is 61.0. The van der Waals surface area contributed by atoms with E-state index in [-0.39, 0.29) is 77.9 Å². The van der Waals surface area contributed by atoms with Crippen LogP contribution in [0.5, 0.6) is 0 Å². The number of aliphatic carboxylic acids is 2. The van der Waals surface area contributed by atoms with Crippen LogP contribution in [0.25, 0.3) is 0 Å². The van der Waals surface area contributed by atoms with Crippen molar-refractivity contribution in [1.29, 1.82) is 0 Å². The number of hydrogen-bond donors (Lipinski definition) is 0. The van der Waals surface area contributed by atoms with E-state index in [9.17, 15) is 0 Å². The average molecular weight is 485 g/mol. The van der Waals surface area contributed by atoms with Gasteiger partial charge in [-0.05, 0) is 13.8 Å². The molecule has 0 saturated carbocycles. The summed E-state index contributed by atoms with van der Waals surface area (Å²) in [6.07, 6.45) is 0. The van der Waals surface area contributed by atoms with E-state index in [4.69, 9.17) is 19.8 Å². The van der Waals surface area contributed by atoms with Crippen LogP contribution >= 0.6 is 0 Å². The zero-order valence-corrected chi connectivity index (χ0v) is 13.2. The Labute approximate surface area is 123 Å². The predicted octanol–water partition coefficient (Wildman–Crippen LogP) is -3.23. The van der Waals surface area contributed by atoms with E-state index in [0.29, 0.717) is 0 Å². The molecule has 0 fully saturated rings. The Morgan fingerprint density at radius 2 is 0.786 bits per heavy atom. The number of carbonyl (C=O) groups excluding carboxylic acids is 2. The molecule has 0 atom stereocenters. The molecule has 7 nitrogen and oxygen atoms in total. The summed E-state index contributed by atoms with van der Waals surface area (Å²) in [4.78, 5) is 17.8. The molecule has 10 heteroatoms. The minimum Gasteiger partial charge on any atom is -2.00 e. The molecule has 0 heterocycles. The fourth-order valence-corrected chi connectivity index (χ4v) is 0. The van der Waals surface area contributed by atoms with Gasteiger partial charge < -0.3 is 36.2 Å². The van der Waals surface area contributed by atoms with Gasteiger partial charge >= 0.3 is 61.4 Å². The molecule has 0 N–H and O–H groups in total. The Balaban J connectivity index is -0.00000000600. The van der Waals surface area contributed by atoms with E-state index in [1.807, 2.05) is 0 Å². The van der Waals surface area contributed by atoms with E-state index in [1.54, 1.807) is 0 Å². The summed E-state index contributed by atoms with van der Waals surface area (Å²) in [7, 11) is 0. The fourth-order valence-electron chi connectivity index (χ4n) is 0. The predicted molar refractivity (Wildman–Crippen MR) is 29.2 cm³/mol. The van der Waals surface area contributed by atoms with Crippen LogP contribution in [0, 0.1) is 0 Å². The number of rotatable bonds is 0. The van der Waals surface area contributed by atoms with Crippen LogP contribution in [0.2, 0.25) is 0 Å². The van der Waals surface area contributed by atoms with Crippen LogP contribution in [0.15, 0.2) is 0 Å². The van der Waals surface area contributed by atoms with E-state index in [1.165, 1.54) is 0 Å². The van der Waals surface area contributed by atoms with Crippen molar-refractivity contribution in [3.8, 4) is 0 Å². The molecule has 0 rings (SSSR count). The van der Waals surface area contributed by atoms with Gasteiger partial charge in [0, 0.05) is 11.9 Å². The summed E-state index contributed by atoms with van der Waals surface area (Å²) in [6.45, 7) is 1.94. The van der Waals surface area contributed by atoms with Crippen LogP contribution in [0.3, 0.4) is 0 Å². The molecule has 0 aromatic rings. The monoisotopic (exact) mass is 486 g/mol. The zero-order valence-electron chi connectivity index (χ0n) is 7.06. The van der Waals surface area contributed by atoms with Gasteiger partial charge in [-0.3, -0.25) is 0 Å². The molecule has 0 bridgehead atoms. The molecule has 0 amide bonds. The average Bonchev–Trinajstić information content (AvgIpc) is 1.25. The van der Waals surface area contributed by atoms with E-state index >= 15 is 0 Å². The third-order valence-corrected chi connectivity index (χ3v) is 0. The Morgan fingerprint density at radius 3 is 0.786 bits per heavy atom. The van der Waals surface area contributed by atoms with Gasteiger partial charge in [0.2, 0.25) is 0 Å². The molecule has 0 spiro atoms. The summed E-state index contributed by atoms with van der Waals surface area (Å²) in [6, 6.07) is 0. The summed E-state index contributed by atoms with van der Waals surface area (Å²) >= 11 is 0. The van der Waals surface area contributed by atoms with Crippen molar-refractivity contribution in [2.24, 2.45) is 0 Å². The number of carbonyl (C=O) groups is 2. The summed E-state index contributed by atoms with van der Waals surface area (Å²) in [5.74, 6) is -2.17. The Morgan fingerprint density at radius 1 is 0.786 bits per heavy atom. The fraction of sp³-hybridized carbons (Fsp3) is 0.500. The maximum absolute atomic E-state index is 8.89. The maximum atomic E-state index is 8.89. The second kappa shape index (κ2) is 49.0. The molecule has 14 heavy (non-hydrogen) atoms. The molecule has 0 saturated heterocycles. The second-order valence-corrected chi connectivity index (χ2v) is 0.983. The van der Waals surface area contributed by atoms with E-state index < -0.39 is 11.9 Å². The van der Waals surface area contributed by atoms with E-state index in [0.717, 1.165) is 13.8 Å². The van der Waals surface area contributed by atoms with Gasteiger partial charge in [-0.25, -0.2) is 0 Å². The SMILES string of the molecule is CC(=O)[O-].CC(=O)[O-].[Fe+3].[Fe+3].[O-2].[O-2].[O-2].[Pb+2]. The Bertz CT molecular complexity index is 81.7. The summed E-state index contributed by atoms with van der Waals surface area (Å²) < 4.78 is 0. The van der Waals surface area contributed by atoms with Gasteiger partial charge in [0.1, 0.15) is 0 Å². The number of hydrogen-bond acceptors (Lipinski definition) is 4. The first-order valence-electron chi connectivity index (χ1n) is 1.82. The molecule has 0 unspecified atom stereocenters. The van der Waals surface area contributed by atoms with Crippen LogP contribution in [-0.2, 0) is 60.2 Å². The molecular weight excluding hydrogens is 479 g/mol. The zero-order chi connectivity index (χ0) is 7.15. The van der Waals surface area contributed by atoms with Gasteiger partial charge in [0.25, 0.3) is 0 Å². The standard InChI is InChI=1S/2C2H4O2.2Fe.3O.Pb/c2*1-2(3)4;;;;;;/h2*1H3,(H,3,4);;;;;;/q;;2*+3;3*-2;+2/p-2. The quantitative estimate of drug-likeness (QED) is 0.330. The Kier molecular flexibility index (Phi) is 213. The maximum Gasteiger partial charge on any atom is 3.00 e. The summed E-state index contributed by atoms with van der Waals surface area (Å²) in [5.41, 5.74) is 0. The van der Waals surface area contributed by atoms with Crippen molar-refractivity contribution in [2.45, 2.75) is 13.8 Å². The molecular formula is C4H6Fe2O7Pb. The van der Waals surface area contributed by atoms with Crippen LogP contribution in [0.4, 0.5) is 0 Å². The van der Waals surface area contributed by atoms with Crippen LogP contribution in [-0.4, -0.2) is 39.2 Å². The molecule has 0 aliphatic rings. The first-order chi connectivity index (χ1) is 3.46. The van der Waals surface area contributed by atoms with E-state index in [2.05, 4.69) is 0 Å². The minimum absolute atomic E-state index is 0. The van der Waals surface area contributed by atoms with Crippen molar-refractivity contribution < 1.29 is 70.4 Å². The van der Waals surface area contributed by atoms with Gasteiger partial charge in [-0.15, -0.1) is 0 Å². The van der Waals surface area contributed by atoms with Crippen LogP contribution in [0.1, 0.15) is 13.8 Å². The second-order valence-electron chi connectivity index (χ2n) is 0.983. The molecule has 0 aromatic heterocycles. The number of carboxylic acids is 2. The van der Waals surface area contributed by atoms with Crippen molar-refractivity contribution >= 4 is 39.2 Å². The molecule has 0 aliphatic carbocycles. The summed E-state index contributed by atoms with van der Waals surface area (Å²) in [5, 5.41) is 17.8. The topological polar surface area (TPSA) is 166 Å². The third kappa shape index (κ3) is 2910. The third-order valence-electron chi connectivity index (χ3n) is 0. The van der Waals surface area contributed by atoms with Crippen molar-refractivity contribution in [2.75, 3.05) is 0 Å². The molecule has 4 radical (unpaired) electrons. The molecule has 0 aliphatic heterocycles. The molecule has 84 valence electrons. The largest absolute Gasteiger partial charge is 3.00 e. The van der Waals surface area contributed by atoms with Gasteiger partial charge in [-0.2, -0.15) is 0 Å². The molecule has 0 aromatic carbocycles. The number of carboxylic acid groups (broad SMARTS) is 2. The van der Waals surface area contributed by atoms with Crippen molar-refractivity contribution in [3.63, 3.8) is 0 Å². The van der Waals surface area contributed by atoms with Crippen LogP contribution < -0.4 is 10.2 Å². The Hall–Kier alpha value is 0.781.